The average molecular weight is 307 g/mol. The zero-order valence-corrected chi connectivity index (χ0v) is 15.8. The van der Waals surface area contributed by atoms with E-state index in [1.807, 2.05) is 45.5 Å². The van der Waals surface area contributed by atoms with Crippen molar-refractivity contribution in [1.82, 2.24) is 0 Å². The highest BCUT2D eigenvalue weighted by atomic mass is 32.2. The minimum atomic E-state index is 0.464. The van der Waals surface area contributed by atoms with Crippen molar-refractivity contribution in [1.29, 1.82) is 0 Å². The van der Waals surface area contributed by atoms with Gasteiger partial charge in [0.1, 0.15) is 0 Å². The Hall–Kier alpha value is -0.950. The van der Waals surface area contributed by atoms with Crippen molar-refractivity contribution in [2.24, 2.45) is 0 Å². The quantitative estimate of drug-likeness (QED) is 0.487. The molecule has 2 atom stereocenters. The molecule has 0 spiro atoms. The Labute approximate surface area is 137 Å². The van der Waals surface area contributed by atoms with Crippen molar-refractivity contribution in [3.63, 3.8) is 0 Å². The second-order valence-electron chi connectivity index (χ2n) is 4.31. The van der Waals surface area contributed by atoms with Crippen LogP contribution in [0.5, 0.6) is 0 Å². The fourth-order valence-corrected chi connectivity index (χ4v) is 3.10. The predicted molar refractivity (Wildman–Crippen MR) is 104 cm³/mol. The van der Waals surface area contributed by atoms with E-state index in [9.17, 15) is 0 Å². The van der Waals surface area contributed by atoms with Crippen LogP contribution in [0.1, 0.15) is 54.9 Å². The first-order chi connectivity index (χ1) is 10.2. The lowest BCUT2D eigenvalue weighted by atomic mass is 10.1. The maximum Gasteiger partial charge on any atom is 0.0424 e. The minimum absolute atomic E-state index is 0.464. The molecule has 0 aromatic heterocycles. The second-order valence-corrected chi connectivity index (χ2v) is 5.87. The molecule has 1 heteroatoms. The number of hydrogen-bond acceptors (Lipinski definition) is 1. The van der Waals surface area contributed by atoms with Gasteiger partial charge in [-0.15, -0.1) is 18.3 Å². The van der Waals surface area contributed by atoms with Crippen molar-refractivity contribution >= 4 is 11.8 Å². The molecule has 0 heterocycles. The standard InChI is InChI=1S/C16H22S.2C2H6/c1-5-7-14(4)17-16-11-13(3)9-10-15(12-16)8-6-2;2*1-2/h5-7,9-12,14,16H,2,8H2,1,3-4H3;2*1-2H3/b7-5+;;. The highest BCUT2D eigenvalue weighted by molar-refractivity contribution is 8.00. The van der Waals surface area contributed by atoms with Crippen molar-refractivity contribution in [2.45, 2.75) is 65.4 Å². The van der Waals surface area contributed by atoms with Crippen LogP contribution in [0.2, 0.25) is 0 Å². The number of hydrogen-bond donors (Lipinski definition) is 0. The van der Waals surface area contributed by atoms with E-state index in [1.54, 1.807) is 0 Å². The summed E-state index contributed by atoms with van der Waals surface area (Å²) in [6.07, 6.45) is 16.4. The first kappa shape index (κ1) is 22.3. The van der Waals surface area contributed by atoms with E-state index < -0.39 is 0 Å². The van der Waals surface area contributed by atoms with Gasteiger partial charge in [-0.2, -0.15) is 0 Å². The monoisotopic (exact) mass is 306 g/mol. The summed E-state index contributed by atoms with van der Waals surface area (Å²) in [7, 11) is 0. The third-order valence-corrected chi connectivity index (χ3v) is 3.75. The highest BCUT2D eigenvalue weighted by Crippen LogP contribution is 2.26. The Kier molecular flexibility index (Phi) is 16.4. The Bertz CT molecular complexity index is 369. The first-order valence-electron chi connectivity index (χ1n) is 8.12. The Balaban J connectivity index is 0. The van der Waals surface area contributed by atoms with Gasteiger partial charge in [0.25, 0.3) is 0 Å². The second kappa shape index (κ2) is 15.4. The molecule has 0 radical (unpaired) electrons. The van der Waals surface area contributed by atoms with Crippen LogP contribution >= 0.6 is 11.8 Å². The lowest BCUT2D eigenvalue weighted by Gasteiger charge is -2.13. The maximum absolute atomic E-state index is 3.81. The number of thioether (sulfide) groups is 1. The van der Waals surface area contributed by atoms with Crippen LogP contribution in [0.4, 0.5) is 0 Å². The van der Waals surface area contributed by atoms with Crippen LogP contribution in [-0.4, -0.2) is 10.5 Å². The van der Waals surface area contributed by atoms with Gasteiger partial charge in [0.05, 0.1) is 0 Å². The molecule has 0 aromatic rings. The van der Waals surface area contributed by atoms with Crippen molar-refractivity contribution in [3.05, 3.63) is 60.3 Å². The average Bonchev–Trinajstić information content (AvgIpc) is 2.65. The number of allylic oxidation sites excluding steroid dienone is 6. The molecule has 0 bridgehead atoms. The van der Waals surface area contributed by atoms with Gasteiger partial charge < -0.3 is 0 Å². The van der Waals surface area contributed by atoms with E-state index in [0.717, 1.165) is 6.42 Å². The number of rotatable bonds is 5. The molecule has 1 aliphatic carbocycles. The van der Waals surface area contributed by atoms with E-state index in [0.29, 0.717) is 10.5 Å². The van der Waals surface area contributed by atoms with Gasteiger partial charge in [-0.1, -0.05) is 75.8 Å². The smallest absolute Gasteiger partial charge is 0.0424 e. The fraction of sp³-hybridized carbons (Fsp3) is 0.500. The summed E-state index contributed by atoms with van der Waals surface area (Å²) < 4.78 is 0. The third-order valence-electron chi connectivity index (χ3n) is 2.58. The Morgan fingerprint density at radius 2 is 1.81 bits per heavy atom. The highest BCUT2D eigenvalue weighted by Gasteiger charge is 2.09. The fourth-order valence-electron chi connectivity index (χ4n) is 1.81. The van der Waals surface area contributed by atoms with Gasteiger partial charge in [-0.05, 0) is 32.8 Å². The molecule has 0 aliphatic heterocycles. The molecule has 0 saturated carbocycles. The molecule has 120 valence electrons. The molecule has 1 rings (SSSR count). The molecular weight excluding hydrogens is 272 g/mol. The van der Waals surface area contributed by atoms with Crippen LogP contribution in [0.25, 0.3) is 0 Å². The molecule has 21 heavy (non-hydrogen) atoms. The van der Waals surface area contributed by atoms with Crippen LogP contribution < -0.4 is 0 Å². The molecule has 0 N–H and O–H groups in total. The summed E-state index contributed by atoms with van der Waals surface area (Å²) in [4.78, 5) is 0. The van der Waals surface area contributed by atoms with Gasteiger partial charge in [-0.3, -0.25) is 0 Å². The maximum atomic E-state index is 3.81. The van der Waals surface area contributed by atoms with Gasteiger partial charge in [0.2, 0.25) is 0 Å². The summed E-state index contributed by atoms with van der Waals surface area (Å²) in [5.74, 6) is 0. The van der Waals surface area contributed by atoms with Crippen LogP contribution in [0.3, 0.4) is 0 Å². The summed E-state index contributed by atoms with van der Waals surface area (Å²) in [6.45, 7) is 18.3. The summed E-state index contributed by atoms with van der Waals surface area (Å²) >= 11 is 1.98. The van der Waals surface area contributed by atoms with E-state index in [4.69, 9.17) is 0 Å². The van der Waals surface area contributed by atoms with E-state index >= 15 is 0 Å². The topological polar surface area (TPSA) is 0 Å². The molecule has 1 aliphatic rings. The molecule has 2 unspecified atom stereocenters. The zero-order valence-electron chi connectivity index (χ0n) is 15.0. The van der Waals surface area contributed by atoms with Gasteiger partial charge in [-0.25, -0.2) is 0 Å². The zero-order chi connectivity index (χ0) is 16.7. The Morgan fingerprint density at radius 3 is 2.33 bits per heavy atom. The normalized spacial score (nSPS) is 18.3. The summed E-state index contributed by atoms with van der Waals surface area (Å²) in [6, 6.07) is 0. The lowest BCUT2D eigenvalue weighted by molar-refractivity contribution is 1.20. The Morgan fingerprint density at radius 1 is 1.19 bits per heavy atom. The first-order valence-corrected chi connectivity index (χ1v) is 9.06. The van der Waals surface area contributed by atoms with Crippen molar-refractivity contribution in [3.8, 4) is 0 Å². The van der Waals surface area contributed by atoms with E-state index in [-0.39, 0.29) is 0 Å². The van der Waals surface area contributed by atoms with E-state index in [2.05, 4.69) is 63.8 Å². The molecule has 0 amide bonds. The van der Waals surface area contributed by atoms with Gasteiger partial charge in [0, 0.05) is 10.5 Å². The molecular formula is C20H34S. The van der Waals surface area contributed by atoms with Gasteiger partial charge in [0.15, 0.2) is 0 Å². The molecule has 0 saturated heterocycles. The predicted octanol–water partition coefficient (Wildman–Crippen LogP) is 7.12. The van der Waals surface area contributed by atoms with Crippen LogP contribution in [0, 0.1) is 0 Å². The lowest BCUT2D eigenvalue weighted by Crippen LogP contribution is -2.02. The van der Waals surface area contributed by atoms with Crippen molar-refractivity contribution < 1.29 is 0 Å². The largest absolute Gasteiger partial charge is 0.143 e. The minimum Gasteiger partial charge on any atom is -0.143 e. The van der Waals surface area contributed by atoms with Crippen LogP contribution in [-0.2, 0) is 0 Å². The van der Waals surface area contributed by atoms with Crippen LogP contribution in [0.15, 0.2) is 60.3 Å². The molecule has 0 nitrogen and oxygen atoms in total. The summed E-state index contributed by atoms with van der Waals surface area (Å²) in [5.41, 5.74) is 2.70. The molecule has 0 fully saturated rings. The van der Waals surface area contributed by atoms with E-state index in [1.165, 1.54) is 11.1 Å². The van der Waals surface area contributed by atoms with Crippen molar-refractivity contribution in [2.75, 3.05) is 0 Å². The SMILES string of the molecule is C=CCC1=CC(SC(C)/C=C/C)C=C(C)C=C1.CC.CC. The summed E-state index contributed by atoms with van der Waals surface area (Å²) in [5, 5.41) is 1.01. The molecule has 0 aromatic carbocycles. The third kappa shape index (κ3) is 11.4. The van der Waals surface area contributed by atoms with Gasteiger partial charge >= 0.3 is 0 Å².